The highest BCUT2D eigenvalue weighted by Gasteiger charge is 2.13. The van der Waals surface area contributed by atoms with Crippen molar-refractivity contribution in [3.05, 3.63) is 60.6 Å². The van der Waals surface area contributed by atoms with Gasteiger partial charge in [-0.05, 0) is 43.7 Å². The lowest BCUT2D eigenvalue weighted by atomic mass is 10.1. The van der Waals surface area contributed by atoms with E-state index < -0.39 is 0 Å². The van der Waals surface area contributed by atoms with Crippen LogP contribution >= 0.6 is 0 Å². The minimum Gasteiger partial charge on any atom is -0.493 e. The van der Waals surface area contributed by atoms with Crippen LogP contribution in [0.3, 0.4) is 0 Å². The van der Waals surface area contributed by atoms with Gasteiger partial charge in [-0.2, -0.15) is 0 Å². The third-order valence-corrected chi connectivity index (χ3v) is 3.56. The number of hydrogen-bond donors (Lipinski definition) is 1. The number of amides is 1. The molecule has 1 N–H and O–H groups in total. The number of ether oxygens (including phenoxy) is 2. The Kier molecular flexibility index (Phi) is 6.49. The molecule has 5 nitrogen and oxygen atoms in total. The molecule has 1 heterocycles. The van der Waals surface area contributed by atoms with E-state index >= 15 is 0 Å². The van der Waals surface area contributed by atoms with Crippen LogP contribution in [0.4, 0.5) is 0 Å². The molecule has 24 heavy (non-hydrogen) atoms. The standard InChI is InChI=1S/C19H23NO4/c1-4-11-24-17-10-8-15(13-18(17)22-3)19(21)20-14(2)7-9-16-6-5-12-23-16/h4-6,8,10,12-14H,1,7,9,11H2,2-3H3,(H,20,21). The van der Waals surface area contributed by atoms with Crippen LogP contribution in [0.15, 0.2) is 53.7 Å². The third kappa shape index (κ3) is 4.91. The second kappa shape index (κ2) is 8.82. The maximum absolute atomic E-state index is 12.4. The molecule has 0 fully saturated rings. The number of nitrogens with one attached hydrogen (secondary N) is 1. The first-order valence-corrected chi connectivity index (χ1v) is 7.89. The zero-order valence-corrected chi connectivity index (χ0v) is 14.1. The Bertz CT molecular complexity index is 664. The smallest absolute Gasteiger partial charge is 0.251 e. The zero-order valence-electron chi connectivity index (χ0n) is 14.1. The Labute approximate surface area is 142 Å². The van der Waals surface area contributed by atoms with Gasteiger partial charge in [-0.1, -0.05) is 12.7 Å². The Morgan fingerprint density at radius 1 is 1.38 bits per heavy atom. The number of carbonyl (C=O) groups is 1. The molecule has 1 amide bonds. The molecule has 2 aromatic rings. The van der Waals surface area contributed by atoms with Crippen LogP contribution in [-0.4, -0.2) is 25.7 Å². The predicted octanol–water partition coefficient (Wildman–Crippen LogP) is 3.60. The molecular formula is C19H23NO4. The summed E-state index contributed by atoms with van der Waals surface area (Å²) in [6.07, 6.45) is 4.89. The lowest BCUT2D eigenvalue weighted by molar-refractivity contribution is 0.0937. The van der Waals surface area contributed by atoms with Crippen LogP contribution in [-0.2, 0) is 6.42 Å². The fraction of sp³-hybridized carbons (Fsp3) is 0.316. The van der Waals surface area contributed by atoms with Gasteiger partial charge in [0.15, 0.2) is 11.5 Å². The molecule has 0 saturated heterocycles. The molecule has 0 aliphatic carbocycles. The number of benzene rings is 1. The number of aryl methyl sites for hydroxylation is 1. The summed E-state index contributed by atoms with van der Waals surface area (Å²) >= 11 is 0. The number of furan rings is 1. The maximum Gasteiger partial charge on any atom is 0.251 e. The molecule has 128 valence electrons. The minimum absolute atomic E-state index is 0.0327. The molecular weight excluding hydrogens is 306 g/mol. The lowest BCUT2D eigenvalue weighted by Gasteiger charge is -2.15. The molecule has 1 atom stereocenters. The summed E-state index contributed by atoms with van der Waals surface area (Å²) in [5.74, 6) is 1.88. The van der Waals surface area contributed by atoms with E-state index in [1.54, 1.807) is 37.6 Å². The van der Waals surface area contributed by atoms with Gasteiger partial charge < -0.3 is 19.2 Å². The number of carbonyl (C=O) groups excluding carboxylic acids is 1. The minimum atomic E-state index is -0.143. The third-order valence-electron chi connectivity index (χ3n) is 3.56. The van der Waals surface area contributed by atoms with Crippen molar-refractivity contribution in [2.75, 3.05) is 13.7 Å². The molecule has 0 bridgehead atoms. The Balaban J connectivity index is 1.94. The molecule has 0 spiro atoms. The van der Waals surface area contributed by atoms with Gasteiger partial charge in [0.1, 0.15) is 12.4 Å². The number of methoxy groups -OCH3 is 1. The van der Waals surface area contributed by atoms with E-state index in [9.17, 15) is 4.79 Å². The first kappa shape index (κ1) is 17.7. The lowest BCUT2D eigenvalue weighted by Crippen LogP contribution is -2.32. The molecule has 0 aliphatic rings. The second-order valence-electron chi connectivity index (χ2n) is 5.46. The zero-order chi connectivity index (χ0) is 17.4. The van der Waals surface area contributed by atoms with E-state index in [1.807, 2.05) is 19.1 Å². The van der Waals surface area contributed by atoms with Crippen molar-refractivity contribution in [3.8, 4) is 11.5 Å². The van der Waals surface area contributed by atoms with Crippen LogP contribution < -0.4 is 14.8 Å². The van der Waals surface area contributed by atoms with E-state index in [4.69, 9.17) is 13.9 Å². The molecule has 5 heteroatoms. The monoisotopic (exact) mass is 329 g/mol. The quantitative estimate of drug-likeness (QED) is 0.714. The molecule has 1 aromatic carbocycles. The molecule has 0 saturated carbocycles. The normalized spacial score (nSPS) is 11.6. The van der Waals surface area contributed by atoms with Crippen LogP contribution in [0.1, 0.15) is 29.5 Å². The average Bonchev–Trinajstić information content (AvgIpc) is 3.11. The summed E-state index contributed by atoms with van der Waals surface area (Å²) in [7, 11) is 1.55. The molecule has 0 radical (unpaired) electrons. The van der Waals surface area contributed by atoms with Gasteiger partial charge in [-0.15, -0.1) is 0 Å². The molecule has 1 aromatic heterocycles. The van der Waals surface area contributed by atoms with Crippen LogP contribution in [0, 0.1) is 0 Å². The summed E-state index contributed by atoms with van der Waals surface area (Å²) in [6.45, 7) is 5.96. The van der Waals surface area contributed by atoms with Crippen molar-refractivity contribution < 1.29 is 18.7 Å². The second-order valence-corrected chi connectivity index (χ2v) is 5.46. The van der Waals surface area contributed by atoms with Crippen LogP contribution in [0.5, 0.6) is 11.5 Å². The summed E-state index contributed by atoms with van der Waals surface area (Å²) < 4.78 is 16.1. The van der Waals surface area contributed by atoms with Crippen LogP contribution in [0.25, 0.3) is 0 Å². The summed E-state index contributed by atoms with van der Waals surface area (Å²) in [5, 5.41) is 2.98. The number of rotatable bonds is 9. The van der Waals surface area contributed by atoms with Gasteiger partial charge in [-0.3, -0.25) is 4.79 Å². The van der Waals surface area contributed by atoms with Gasteiger partial charge in [0.05, 0.1) is 13.4 Å². The van der Waals surface area contributed by atoms with Gasteiger partial charge in [0.25, 0.3) is 5.91 Å². The fourth-order valence-electron chi connectivity index (χ4n) is 2.27. The molecule has 1 unspecified atom stereocenters. The van der Waals surface area contributed by atoms with Gasteiger partial charge in [0, 0.05) is 18.0 Å². The van der Waals surface area contributed by atoms with Crippen molar-refractivity contribution in [1.82, 2.24) is 5.32 Å². The maximum atomic E-state index is 12.4. The first-order chi connectivity index (χ1) is 11.6. The SMILES string of the molecule is C=CCOc1ccc(C(=O)NC(C)CCc2ccco2)cc1OC. The van der Waals surface area contributed by atoms with Gasteiger partial charge in [0.2, 0.25) is 0 Å². The predicted molar refractivity (Wildman–Crippen MR) is 92.6 cm³/mol. The number of hydrogen-bond acceptors (Lipinski definition) is 4. The highest BCUT2D eigenvalue weighted by Crippen LogP contribution is 2.28. The van der Waals surface area contributed by atoms with E-state index in [-0.39, 0.29) is 11.9 Å². The van der Waals surface area contributed by atoms with E-state index in [0.717, 1.165) is 18.6 Å². The van der Waals surface area contributed by atoms with Gasteiger partial charge >= 0.3 is 0 Å². The molecule has 2 rings (SSSR count). The van der Waals surface area contributed by atoms with E-state index in [2.05, 4.69) is 11.9 Å². The summed E-state index contributed by atoms with van der Waals surface area (Å²) in [4.78, 5) is 12.4. The topological polar surface area (TPSA) is 60.7 Å². The van der Waals surface area contributed by atoms with Crippen molar-refractivity contribution in [1.29, 1.82) is 0 Å². The van der Waals surface area contributed by atoms with E-state index in [0.29, 0.717) is 23.7 Å². The van der Waals surface area contributed by atoms with Crippen molar-refractivity contribution >= 4 is 5.91 Å². The Morgan fingerprint density at radius 2 is 2.21 bits per heavy atom. The average molecular weight is 329 g/mol. The largest absolute Gasteiger partial charge is 0.493 e. The van der Waals surface area contributed by atoms with Crippen molar-refractivity contribution in [2.24, 2.45) is 0 Å². The Hall–Kier alpha value is -2.69. The summed E-state index contributed by atoms with van der Waals surface area (Å²) in [5.41, 5.74) is 0.530. The van der Waals surface area contributed by atoms with Crippen LogP contribution in [0.2, 0.25) is 0 Å². The van der Waals surface area contributed by atoms with Crippen molar-refractivity contribution in [2.45, 2.75) is 25.8 Å². The highest BCUT2D eigenvalue weighted by molar-refractivity contribution is 5.95. The van der Waals surface area contributed by atoms with Crippen molar-refractivity contribution in [3.63, 3.8) is 0 Å². The van der Waals surface area contributed by atoms with E-state index in [1.165, 1.54) is 0 Å². The summed E-state index contributed by atoms with van der Waals surface area (Å²) in [6, 6.07) is 8.94. The highest BCUT2D eigenvalue weighted by atomic mass is 16.5. The van der Waals surface area contributed by atoms with Gasteiger partial charge in [-0.25, -0.2) is 0 Å². The fourth-order valence-corrected chi connectivity index (χ4v) is 2.27. The molecule has 0 aliphatic heterocycles. The first-order valence-electron chi connectivity index (χ1n) is 7.89. The Morgan fingerprint density at radius 3 is 2.88 bits per heavy atom.